The van der Waals surface area contributed by atoms with Crippen molar-refractivity contribution in [2.45, 2.75) is 52.9 Å². The number of hydrogen-bond acceptors (Lipinski definition) is 4. The molecule has 0 atom stereocenters. The zero-order chi connectivity index (χ0) is 24.7. The molecule has 1 N–H and O–H groups in total. The summed E-state index contributed by atoms with van der Waals surface area (Å²) >= 11 is 0. The van der Waals surface area contributed by atoms with E-state index in [4.69, 9.17) is 9.47 Å². The lowest BCUT2D eigenvalue weighted by atomic mass is 9.98. The van der Waals surface area contributed by atoms with Gasteiger partial charge < -0.3 is 14.8 Å². The van der Waals surface area contributed by atoms with E-state index in [-0.39, 0.29) is 13.2 Å². The van der Waals surface area contributed by atoms with Gasteiger partial charge in [-0.15, -0.1) is 0 Å². The van der Waals surface area contributed by atoms with Crippen molar-refractivity contribution in [3.8, 4) is 16.9 Å². The van der Waals surface area contributed by atoms with E-state index < -0.39 is 17.5 Å². The number of hydrogen-bond donors (Lipinski definition) is 1. The van der Waals surface area contributed by atoms with Crippen molar-refractivity contribution >= 4 is 12.4 Å². The maximum absolute atomic E-state index is 15.4. The van der Waals surface area contributed by atoms with Gasteiger partial charge in [-0.2, -0.15) is 0 Å². The molecule has 0 saturated heterocycles. The van der Waals surface area contributed by atoms with E-state index in [1.165, 1.54) is 0 Å². The van der Waals surface area contributed by atoms with Crippen LogP contribution in [0.3, 0.4) is 0 Å². The van der Waals surface area contributed by atoms with Crippen LogP contribution in [0.2, 0.25) is 0 Å². The number of carbonyl (C=O) groups excluding carboxylic acids is 2. The van der Waals surface area contributed by atoms with Gasteiger partial charge in [-0.25, -0.2) is 9.18 Å². The minimum atomic E-state index is -0.643. The Hall–Kier alpha value is -3.67. The summed E-state index contributed by atoms with van der Waals surface area (Å²) in [6, 6.07) is 17.9. The summed E-state index contributed by atoms with van der Waals surface area (Å²) in [5, 5.41) is 2.58. The predicted octanol–water partition coefficient (Wildman–Crippen LogP) is 6.47. The Bertz CT molecular complexity index is 1170. The van der Waals surface area contributed by atoms with E-state index in [1.54, 1.807) is 51.1 Å². The van der Waals surface area contributed by atoms with E-state index in [2.05, 4.69) is 12.2 Å². The molecule has 0 spiro atoms. The van der Waals surface area contributed by atoms with Crippen LogP contribution in [0.25, 0.3) is 11.1 Å². The lowest BCUT2D eigenvalue weighted by Crippen LogP contribution is -2.32. The van der Waals surface area contributed by atoms with Crippen LogP contribution < -0.4 is 10.1 Å². The Morgan fingerprint density at radius 2 is 1.76 bits per heavy atom. The third-order valence-corrected chi connectivity index (χ3v) is 5.11. The molecular formula is C28H30FNO4. The number of alkyl carbamates (subject to hydrolysis) is 1. The first-order chi connectivity index (χ1) is 16.2. The molecule has 0 saturated carbocycles. The maximum atomic E-state index is 15.4. The average molecular weight is 464 g/mol. The Labute approximate surface area is 199 Å². The fraction of sp³-hybridized carbons (Fsp3) is 0.286. The minimum Gasteiger partial charge on any atom is -0.489 e. The Kier molecular flexibility index (Phi) is 8.05. The van der Waals surface area contributed by atoms with Gasteiger partial charge in [0.05, 0.1) is 0 Å². The second-order valence-corrected chi connectivity index (χ2v) is 8.97. The van der Waals surface area contributed by atoms with Gasteiger partial charge in [0, 0.05) is 23.2 Å². The summed E-state index contributed by atoms with van der Waals surface area (Å²) in [4.78, 5) is 23.5. The van der Waals surface area contributed by atoms with Crippen molar-refractivity contribution < 1.29 is 23.5 Å². The molecule has 3 rings (SSSR count). The second kappa shape index (κ2) is 11.0. The number of benzene rings is 3. The van der Waals surface area contributed by atoms with E-state index >= 15 is 4.39 Å². The number of rotatable bonds is 8. The van der Waals surface area contributed by atoms with Gasteiger partial charge in [0.15, 0.2) is 0 Å². The zero-order valence-corrected chi connectivity index (χ0v) is 20.0. The van der Waals surface area contributed by atoms with Crippen molar-refractivity contribution in [2.24, 2.45) is 0 Å². The number of para-hydroxylation sites is 1. The largest absolute Gasteiger partial charge is 0.489 e. The number of aldehydes is 1. The molecule has 0 aromatic heterocycles. The number of amides is 1. The van der Waals surface area contributed by atoms with Gasteiger partial charge in [-0.3, -0.25) is 4.79 Å². The third kappa shape index (κ3) is 6.67. The van der Waals surface area contributed by atoms with Crippen molar-refractivity contribution in [2.75, 3.05) is 0 Å². The highest BCUT2D eigenvalue weighted by molar-refractivity contribution is 5.80. The number of halogens is 1. The number of nitrogens with one attached hydrogen (secondary N) is 1. The smallest absolute Gasteiger partial charge is 0.407 e. The van der Waals surface area contributed by atoms with Crippen molar-refractivity contribution in [1.82, 2.24) is 5.32 Å². The van der Waals surface area contributed by atoms with Crippen LogP contribution in [-0.2, 0) is 24.3 Å². The average Bonchev–Trinajstić information content (AvgIpc) is 2.81. The number of ether oxygens (including phenoxy) is 2. The van der Waals surface area contributed by atoms with Crippen LogP contribution in [0, 0.1) is 5.82 Å². The monoisotopic (exact) mass is 463 g/mol. The standard InChI is InChI=1S/C28H30FNO4/c1-5-21-9-6-7-12-25(21)33-18-20-13-19(17-31)14-23(15-20)24-11-8-10-22(26(24)29)16-30-27(32)34-28(2,3)4/h6-15,17H,5,16,18H2,1-4H3,(H,30,32). The van der Waals surface area contributed by atoms with Crippen molar-refractivity contribution in [1.29, 1.82) is 0 Å². The van der Waals surface area contributed by atoms with Crippen LogP contribution in [0.1, 0.15) is 54.7 Å². The highest BCUT2D eigenvalue weighted by Crippen LogP contribution is 2.28. The summed E-state index contributed by atoms with van der Waals surface area (Å²) in [6.07, 6.45) is 0.955. The molecule has 0 heterocycles. The third-order valence-electron chi connectivity index (χ3n) is 5.11. The lowest BCUT2D eigenvalue weighted by molar-refractivity contribution is 0.0523. The molecule has 3 aromatic carbocycles. The molecule has 6 heteroatoms. The highest BCUT2D eigenvalue weighted by atomic mass is 19.1. The van der Waals surface area contributed by atoms with Crippen LogP contribution in [0.5, 0.6) is 5.75 Å². The van der Waals surface area contributed by atoms with Gasteiger partial charge >= 0.3 is 6.09 Å². The first kappa shape index (κ1) is 25.0. The fourth-order valence-corrected chi connectivity index (χ4v) is 3.54. The molecule has 0 aliphatic carbocycles. The van der Waals surface area contributed by atoms with Crippen LogP contribution in [-0.4, -0.2) is 18.0 Å². The fourth-order valence-electron chi connectivity index (χ4n) is 3.54. The normalized spacial score (nSPS) is 11.1. The Morgan fingerprint density at radius 1 is 1.03 bits per heavy atom. The Morgan fingerprint density at radius 3 is 2.47 bits per heavy atom. The molecule has 0 radical (unpaired) electrons. The number of aryl methyl sites for hydroxylation is 1. The SMILES string of the molecule is CCc1ccccc1OCc1cc(C=O)cc(-c2cccc(CNC(=O)OC(C)(C)C)c2F)c1. The summed E-state index contributed by atoms with van der Waals surface area (Å²) in [6.45, 7) is 7.56. The quantitative estimate of drug-likeness (QED) is 0.389. The lowest BCUT2D eigenvalue weighted by Gasteiger charge is -2.20. The summed E-state index contributed by atoms with van der Waals surface area (Å²) in [7, 11) is 0. The van der Waals surface area contributed by atoms with Crippen LogP contribution in [0.4, 0.5) is 9.18 Å². The van der Waals surface area contributed by atoms with Crippen molar-refractivity contribution in [3.05, 3.63) is 88.7 Å². The minimum absolute atomic E-state index is 0.0221. The molecule has 178 valence electrons. The van der Waals surface area contributed by atoms with Gasteiger partial charge in [-0.1, -0.05) is 43.3 Å². The molecule has 34 heavy (non-hydrogen) atoms. The van der Waals surface area contributed by atoms with Gasteiger partial charge in [-0.05, 0) is 68.1 Å². The molecule has 3 aromatic rings. The van der Waals surface area contributed by atoms with Gasteiger partial charge in [0.2, 0.25) is 0 Å². The molecule has 0 fully saturated rings. The summed E-state index contributed by atoms with van der Waals surface area (Å²) in [5.74, 6) is 0.314. The van der Waals surface area contributed by atoms with E-state index in [9.17, 15) is 9.59 Å². The maximum Gasteiger partial charge on any atom is 0.407 e. The Balaban J connectivity index is 1.83. The van der Waals surface area contributed by atoms with Crippen molar-refractivity contribution in [3.63, 3.8) is 0 Å². The van der Waals surface area contributed by atoms with Crippen LogP contribution in [0.15, 0.2) is 60.7 Å². The summed E-state index contributed by atoms with van der Waals surface area (Å²) < 4.78 is 26.6. The molecule has 0 unspecified atom stereocenters. The molecule has 1 amide bonds. The van der Waals surface area contributed by atoms with E-state index in [0.29, 0.717) is 22.3 Å². The van der Waals surface area contributed by atoms with Gasteiger partial charge in [0.1, 0.15) is 30.1 Å². The summed E-state index contributed by atoms with van der Waals surface area (Å²) in [5.41, 5.74) is 2.83. The molecule has 0 aliphatic rings. The topological polar surface area (TPSA) is 64.6 Å². The molecular weight excluding hydrogens is 433 g/mol. The van der Waals surface area contributed by atoms with E-state index in [0.717, 1.165) is 29.6 Å². The van der Waals surface area contributed by atoms with E-state index in [1.807, 2.05) is 30.3 Å². The molecule has 0 bridgehead atoms. The number of carbonyl (C=O) groups is 2. The predicted molar refractivity (Wildman–Crippen MR) is 130 cm³/mol. The molecule has 5 nitrogen and oxygen atoms in total. The second-order valence-electron chi connectivity index (χ2n) is 8.97. The van der Waals surface area contributed by atoms with Gasteiger partial charge in [0.25, 0.3) is 0 Å². The first-order valence-corrected chi connectivity index (χ1v) is 11.2. The van der Waals surface area contributed by atoms with Crippen LogP contribution >= 0.6 is 0 Å². The first-order valence-electron chi connectivity index (χ1n) is 11.2. The highest BCUT2D eigenvalue weighted by Gasteiger charge is 2.17. The molecule has 0 aliphatic heterocycles. The zero-order valence-electron chi connectivity index (χ0n) is 20.0.